The fraction of sp³-hybridized carbons (Fsp3) is 0.500. The summed E-state index contributed by atoms with van der Waals surface area (Å²) in [6.45, 7) is 5.53. The summed E-state index contributed by atoms with van der Waals surface area (Å²) in [6.07, 6.45) is 1.41. The lowest BCUT2D eigenvalue weighted by atomic mass is 10.1. The van der Waals surface area contributed by atoms with Gasteiger partial charge in [-0.05, 0) is 12.8 Å². The van der Waals surface area contributed by atoms with Crippen molar-refractivity contribution < 1.29 is 9.90 Å². The Morgan fingerprint density at radius 3 is 2.60 bits per heavy atom. The van der Waals surface area contributed by atoms with Gasteiger partial charge in [-0.15, -0.1) is 0 Å². The van der Waals surface area contributed by atoms with Crippen LogP contribution in [0, 0.1) is 12.8 Å². The number of aromatic nitrogens is 2. The molecule has 1 rings (SSSR count). The fourth-order valence-corrected chi connectivity index (χ4v) is 1.21. The van der Waals surface area contributed by atoms with E-state index < -0.39 is 12.0 Å². The average molecular weight is 209 g/mol. The molecule has 1 aromatic heterocycles. The zero-order chi connectivity index (χ0) is 11.4. The minimum absolute atomic E-state index is 0.00206. The van der Waals surface area contributed by atoms with Gasteiger partial charge in [-0.3, -0.25) is 0 Å². The predicted molar refractivity (Wildman–Crippen MR) is 56.7 cm³/mol. The maximum Gasteiger partial charge on any atom is 0.326 e. The van der Waals surface area contributed by atoms with Gasteiger partial charge in [0.2, 0.25) is 0 Å². The third kappa shape index (κ3) is 3.19. The Hall–Kier alpha value is -1.65. The molecule has 0 saturated carbocycles. The van der Waals surface area contributed by atoms with Crippen molar-refractivity contribution in [3.8, 4) is 0 Å². The van der Waals surface area contributed by atoms with Crippen molar-refractivity contribution in [3.05, 3.63) is 18.1 Å². The van der Waals surface area contributed by atoms with E-state index in [-0.39, 0.29) is 5.92 Å². The Balaban J connectivity index is 2.79. The maximum absolute atomic E-state index is 10.9. The van der Waals surface area contributed by atoms with Crippen LogP contribution in [0.3, 0.4) is 0 Å². The number of rotatable bonds is 4. The van der Waals surface area contributed by atoms with Gasteiger partial charge in [0, 0.05) is 11.8 Å². The number of hydrogen-bond donors (Lipinski definition) is 2. The first kappa shape index (κ1) is 11.4. The van der Waals surface area contributed by atoms with Crippen LogP contribution in [0.15, 0.2) is 12.4 Å². The first-order valence-corrected chi connectivity index (χ1v) is 4.78. The van der Waals surface area contributed by atoms with Crippen LogP contribution in [-0.2, 0) is 4.79 Å². The van der Waals surface area contributed by atoms with Gasteiger partial charge >= 0.3 is 5.97 Å². The lowest BCUT2D eigenvalue weighted by molar-refractivity contribution is -0.138. The van der Waals surface area contributed by atoms with Crippen molar-refractivity contribution in [3.63, 3.8) is 0 Å². The molecule has 0 aliphatic heterocycles. The monoisotopic (exact) mass is 209 g/mol. The quantitative estimate of drug-likeness (QED) is 0.781. The zero-order valence-electron chi connectivity index (χ0n) is 9.06. The molecule has 82 valence electrons. The summed E-state index contributed by atoms with van der Waals surface area (Å²) in [5, 5.41) is 11.8. The molecule has 0 bridgehead atoms. The van der Waals surface area contributed by atoms with E-state index in [1.165, 1.54) is 6.33 Å². The second kappa shape index (κ2) is 4.72. The normalized spacial score (nSPS) is 12.5. The van der Waals surface area contributed by atoms with E-state index in [9.17, 15) is 4.79 Å². The zero-order valence-corrected chi connectivity index (χ0v) is 9.06. The van der Waals surface area contributed by atoms with Gasteiger partial charge in [-0.2, -0.15) is 0 Å². The molecule has 0 amide bonds. The second-order valence-corrected chi connectivity index (χ2v) is 3.75. The molecule has 5 heteroatoms. The van der Waals surface area contributed by atoms with Gasteiger partial charge in [0.25, 0.3) is 0 Å². The van der Waals surface area contributed by atoms with E-state index >= 15 is 0 Å². The molecule has 0 aliphatic carbocycles. The first-order valence-electron chi connectivity index (χ1n) is 4.78. The van der Waals surface area contributed by atoms with Crippen molar-refractivity contribution in [2.75, 3.05) is 5.32 Å². The van der Waals surface area contributed by atoms with E-state index in [0.29, 0.717) is 5.82 Å². The molecule has 0 spiro atoms. The summed E-state index contributed by atoms with van der Waals surface area (Å²) in [4.78, 5) is 18.8. The minimum atomic E-state index is -0.874. The van der Waals surface area contributed by atoms with E-state index in [2.05, 4.69) is 15.3 Å². The number of nitrogens with zero attached hydrogens (tertiary/aromatic N) is 2. The topological polar surface area (TPSA) is 75.1 Å². The van der Waals surface area contributed by atoms with Crippen LogP contribution in [0.4, 0.5) is 5.82 Å². The van der Waals surface area contributed by atoms with Crippen LogP contribution in [0.25, 0.3) is 0 Å². The molecular formula is C10H15N3O2. The number of nitrogens with one attached hydrogen (secondary N) is 1. The van der Waals surface area contributed by atoms with Crippen LogP contribution in [0.1, 0.15) is 19.5 Å². The van der Waals surface area contributed by atoms with Gasteiger partial charge in [0.1, 0.15) is 18.2 Å². The van der Waals surface area contributed by atoms with Gasteiger partial charge in [-0.25, -0.2) is 14.8 Å². The lowest BCUT2D eigenvalue weighted by Gasteiger charge is -2.18. The maximum atomic E-state index is 10.9. The third-order valence-electron chi connectivity index (χ3n) is 2.04. The number of aliphatic carboxylic acids is 1. The molecule has 5 nitrogen and oxygen atoms in total. The Kier molecular flexibility index (Phi) is 3.60. The molecule has 0 saturated heterocycles. The molecule has 1 unspecified atom stereocenters. The number of carboxylic acid groups (broad SMARTS) is 1. The third-order valence-corrected chi connectivity index (χ3v) is 2.04. The molecule has 0 radical (unpaired) electrons. The molecular weight excluding hydrogens is 194 g/mol. The minimum Gasteiger partial charge on any atom is -0.480 e. The van der Waals surface area contributed by atoms with Crippen LogP contribution in [0.2, 0.25) is 0 Å². The number of hydrogen-bond acceptors (Lipinski definition) is 4. The van der Waals surface area contributed by atoms with Crippen molar-refractivity contribution in [2.24, 2.45) is 5.92 Å². The molecule has 0 fully saturated rings. The van der Waals surface area contributed by atoms with Gasteiger partial charge in [-0.1, -0.05) is 13.8 Å². The fourth-order valence-electron chi connectivity index (χ4n) is 1.21. The van der Waals surface area contributed by atoms with Crippen LogP contribution >= 0.6 is 0 Å². The highest BCUT2D eigenvalue weighted by atomic mass is 16.4. The molecule has 0 aliphatic rings. The van der Waals surface area contributed by atoms with Gasteiger partial charge in [0.05, 0.1) is 0 Å². The molecule has 1 atom stereocenters. The summed E-state index contributed by atoms with van der Waals surface area (Å²) in [5.41, 5.74) is 0.806. The van der Waals surface area contributed by atoms with Crippen molar-refractivity contribution in [1.29, 1.82) is 0 Å². The van der Waals surface area contributed by atoms with Crippen LogP contribution < -0.4 is 5.32 Å². The lowest BCUT2D eigenvalue weighted by Crippen LogP contribution is -2.34. The van der Waals surface area contributed by atoms with Crippen LogP contribution in [-0.4, -0.2) is 27.1 Å². The van der Waals surface area contributed by atoms with E-state index in [4.69, 9.17) is 5.11 Å². The predicted octanol–water partition coefficient (Wildman–Crippen LogP) is 1.31. The Morgan fingerprint density at radius 1 is 1.47 bits per heavy atom. The van der Waals surface area contributed by atoms with E-state index in [1.807, 2.05) is 20.8 Å². The Labute approximate surface area is 88.6 Å². The summed E-state index contributed by atoms with van der Waals surface area (Å²) in [7, 11) is 0. The standard InChI is InChI=1S/C10H15N3O2/c1-6(2)9(10(14)15)13-8-4-7(3)11-5-12-8/h4-6,9H,1-3H3,(H,14,15)(H,11,12,13). The number of carbonyl (C=O) groups is 1. The summed E-state index contributed by atoms with van der Waals surface area (Å²) in [5.74, 6) is -0.331. The first-order chi connectivity index (χ1) is 7.00. The molecule has 2 N–H and O–H groups in total. The Bertz CT molecular complexity index is 352. The van der Waals surface area contributed by atoms with Crippen LogP contribution in [0.5, 0.6) is 0 Å². The molecule has 1 heterocycles. The van der Waals surface area contributed by atoms with Crippen molar-refractivity contribution in [2.45, 2.75) is 26.8 Å². The highest BCUT2D eigenvalue weighted by Crippen LogP contribution is 2.10. The Morgan fingerprint density at radius 2 is 2.13 bits per heavy atom. The highest BCUT2D eigenvalue weighted by Gasteiger charge is 2.21. The van der Waals surface area contributed by atoms with Gasteiger partial charge in [0.15, 0.2) is 0 Å². The SMILES string of the molecule is Cc1cc(NC(C(=O)O)C(C)C)ncn1. The number of anilines is 1. The summed E-state index contributed by atoms with van der Waals surface area (Å²) < 4.78 is 0. The highest BCUT2D eigenvalue weighted by molar-refractivity contribution is 5.77. The van der Waals surface area contributed by atoms with Crippen molar-refractivity contribution >= 4 is 11.8 Å². The molecule has 1 aromatic rings. The van der Waals surface area contributed by atoms with E-state index in [0.717, 1.165) is 5.69 Å². The molecule has 15 heavy (non-hydrogen) atoms. The number of aryl methyl sites for hydroxylation is 1. The summed E-state index contributed by atoms with van der Waals surface area (Å²) >= 11 is 0. The van der Waals surface area contributed by atoms with Gasteiger partial charge < -0.3 is 10.4 Å². The smallest absolute Gasteiger partial charge is 0.326 e. The largest absolute Gasteiger partial charge is 0.480 e. The van der Waals surface area contributed by atoms with E-state index in [1.54, 1.807) is 6.07 Å². The van der Waals surface area contributed by atoms with Crippen molar-refractivity contribution in [1.82, 2.24) is 9.97 Å². The summed E-state index contributed by atoms with van der Waals surface area (Å²) in [6, 6.07) is 1.09. The second-order valence-electron chi connectivity index (χ2n) is 3.75. The number of carboxylic acids is 1. The molecule has 0 aromatic carbocycles. The average Bonchev–Trinajstić information content (AvgIpc) is 2.13.